The van der Waals surface area contributed by atoms with E-state index in [9.17, 15) is 4.79 Å². The molecule has 0 radical (unpaired) electrons. The van der Waals surface area contributed by atoms with Crippen LogP contribution in [0.2, 0.25) is 0 Å². The van der Waals surface area contributed by atoms with E-state index < -0.39 is 0 Å². The highest BCUT2D eigenvalue weighted by atomic mass is 16.2. The Morgan fingerprint density at radius 2 is 2.11 bits per heavy atom. The molecule has 4 heteroatoms. The van der Waals surface area contributed by atoms with Crippen LogP contribution in [0.1, 0.15) is 33.3 Å². The van der Waals surface area contributed by atoms with E-state index in [1.54, 1.807) is 18.1 Å². The van der Waals surface area contributed by atoms with Crippen LogP contribution in [-0.2, 0) is 10.2 Å². The second-order valence-electron chi connectivity index (χ2n) is 5.41. The molecule has 0 unspecified atom stereocenters. The van der Waals surface area contributed by atoms with Crippen LogP contribution in [0.25, 0.3) is 0 Å². The summed E-state index contributed by atoms with van der Waals surface area (Å²) < 4.78 is 0. The zero-order valence-corrected chi connectivity index (χ0v) is 11.9. The first kappa shape index (κ1) is 14.5. The number of amides is 1. The molecular formula is C14H23N3O. The Kier molecular flexibility index (Phi) is 4.70. The lowest BCUT2D eigenvalue weighted by Crippen LogP contribution is -2.32. The standard InChI is InChI=1S/C14H23N3O/c1-6-17(5)12(18)10-16-13-11(14(2,3)4)8-7-9-15-13/h7-9H,6,10H2,1-5H3,(H,15,16). The van der Waals surface area contributed by atoms with Crippen molar-refractivity contribution in [2.75, 3.05) is 25.5 Å². The zero-order chi connectivity index (χ0) is 13.8. The smallest absolute Gasteiger partial charge is 0.241 e. The van der Waals surface area contributed by atoms with Crippen molar-refractivity contribution < 1.29 is 4.79 Å². The maximum Gasteiger partial charge on any atom is 0.241 e. The molecule has 0 bridgehead atoms. The molecule has 1 N–H and O–H groups in total. The maximum absolute atomic E-state index is 11.7. The van der Waals surface area contributed by atoms with Gasteiger partial charge in [-0.2, -0.15) is 0 Å². The van der Waals surface area contributed by atoms with E-state index >= 15 is 0 Å². The van der Waals surface area contributed by atoms with E-state index in [4.69, 9.17) is 0 Å². The third-order valence-electron chi connectivity index (χ3n) is 2.92. The fourth-order valence-corrected chi connectivity index (χ4v) is 1.62. The van der Waals surface area contributed by atoms with Crippen LogP contribution in [-0.4, -0.2) is 35.9 Å². The van der Waals surface area contributed by atoms with Crippen LogP contribution in [0.15, 0.2) is 18.3 Å². The first-order valence-electron chi connectivity index (χ1n) is 6.29. The third kappa shape index (κ3) is 3.72. The molecule has 0 saturated heterocycles. The summed E-state index contributed by atoms with van der Waals surface area (Å²) in [5, 5.41) is 3.13. The SMILES string of the molecule is CCN(C)C(=O)CNc1ncccc1C(C)(C)C. The molecule has 0 aliphatic carbocycles. The molecule has 0 aromatic carbocycles. The second-order valence-corrected chi connectivity index (χ2v) is 5.41. The van der Waals surface area contributed by atoms with Gasteiger partial charge in [0.15, 0.2) is 0 Å². The quantitative estimate of drug-likeness (QED) is 0.890. The molecule has 0 saturated carbocycles. The lowest BCUT2D eigenvalue weighted by Gasteiger charge is -2.23. The van der Waals surface area contributed by atoms with Crippen molar-refractivity contribution in [3.63, 3.8) is 0 Å². The van der Waals surface area contributed by atoms with Gasteiger partial charge in [-0.15, -0.1) is 0 Å². The highest BCUT2D eigenvalue weighted by Crippen LogP contribution is 2.27. The van der Waals surface area contributed by atoms with Crippen molar-refractivity contribution >= 4 is 11.7 Å². The number of nitrogens with one attached hydrogen (secondary N) is 1. The van der Waals surface area contributed by atoms with E-state index in [0.717, 1.165) is 17.9 Å². The summed E-state index contributed by atoms with van der Waals surface area (Å²) in [5.74, 6) is 0.867. The van der Waals surface area contributed by atoms with Gasteiger partial charge in [-0.3, -0.25) is 4.79 Å². The molecule has 0 spiro atoms. The fourth-order valence-electron chi connectivity index (χ4n) is 1.62. The van der Waals surface area contributed by atoms with Gasteiger partial charge in [-0.25, -0.2) is 4.98 Å². The number of hydrogen-bond acceptors (Lipinski definition) is 3. The molecule has 1 heterocycles. The molecule has 18 heavy (non-hydrogen) atoms. The predicted octanol–water partition coefficient (Wildman–Crippen LogP) is 2.27. The van der Waals surface area contributed by atoms with Gasteiger partial charge < -0.3 is 10.2 Å². The van der Waals surface area contributed by atoms with Gasteiger partial charge in [0.25, 0.3) is 0 Å². The topological polar surface area (TPSA) is 45.2 Å². The van der Waals surface area contributed by atoms with Crippen LogP contribution in [0.3, 0.4) is 0 Å². The van der Waals surface area contributed by atoms with E-state index in [1.165, 1.54) is 0 Å². The summed E-state index contributed by atoms with van der Waals surface area (Å²) in [6.45, 7) is 9.36. The fraction of sp³-hybridized carbons (Fsp3) is 0.571. The second kappa shape index (κ2) is 5.85. The lowest BCUT2D eigenvalue weighted by molar-refractivity contribution is -0.127. The average molecular weight is 249 g/mol. The average Bonchev–Trinajstić information content (AvgIpc) is 2.34. The maximum atomic E-state index is 11.7. The van der Waals surface area contributed by atoms with E-state index in [-0.39, 0.29) is 17.9 Å². The number of nitrogens with zero attached hydrogens (tertiary/aromatic N) is 2. The molecule has 100 valence electrons. The zero-order valence-electron chi connectivity index (χ0n) is 11.9. The summed E-state index contributed by atoms with van der Waals surface area (Å²) in [7, 11) is 1.80. The summed E-state index contributed by atoms with van der Waals surface area (Å²) in [6, 6.07) is 3.97. The van der Waals surface area contributed by atoms with Crippen molar-refractivity contribution in [3.05, 3.63) is 23.9 Å². The highest BCUT2D eigenvalue weighted by molar-refractivity contribution is 5.80. The number of carbonyl (C=O) groups is 1. The number of carbonyl (C=O) groups excluding carboxylic acids is 1. The summed E-state index contributed by atoms with van der Waals surface area (Å²) in [4.78, 5) is 17.8. The first-order valence-corrected chi connectivity index (χ1v) is 6.29. The van der Waals surface area contributed by atoms with Crippen LogP contribution < -0.4 is 5.32 Å². The largest absolute Gasteiger partial charge is 0.361 e. The molecule has 1 aromatic heterocycles. The van der Waals surface area contributed by atoms with Gasteiger partial charge >= 0.3 is 0 Å². The number of hydrogen-bond donors (Lipinski definition) is 1. The summed E-state index contributed by atoms with van der Waals surface area (Å²) >= 11 is 0. The molecule has 1 aromatic rings. The Balaban J connectivity index is 2.77. The molecule has 0 aliphatic heterocycles. The third-order valence-corrected chi connectivity index (χ3v) is 2.92. The molecule has 0 atom stereocenters. The van der Waals surface area contributed by atoms with Gasteiger partial charge in [0, 0.05) is 19.8 Å². The van der Waals surface area contributed by atoms with E-state index in [1.807, 2.05) is 19.1 Å². The van der Waals surface area contributed by atoms with Crippen LogP contribution in [0.4, 0.5) is 5.82 Å². The Hall–Kier alpha value is -1.58. The first-order chi connectivity index (χ1) is 8.36. The molecule has 0 fully saturated rings. The lowest BCUT2D eigenvalue weighted by atomic mass is 9.87. The van der Waals surface area contributed by atoms with Gasteiger partial charge in [0.1, 0.15) is 5.82 Å². The van der Waals surface area contributed by atoms with Gasteiger partial charge in [0.2, 0.25) is 5.91 Å². The summed E-state index contributed by atoms with van der Waals surface area (Å²) in [5.41, 5.74) is 1.13. The van der Waals surface area contributed by atoms with Crippen molar-refractivity contribution in [1.82, 2.24) is 9.88 Å². The van der Waals surface area contributed by atoms with Gasteiger partial charge in [-0.05, 0) is 24.0 Å². The van der Waals surface area contributed by atoms with E-state index in [2.05, 4.69) is 31.1 Å². The molecule has 1 rings (SSSR count). The Labute approximate surface area is 109 Å². The molecule has 1 amide bonds. The normalized spacial score (nSPS) is 11.2. The van der Waals surface area contributed by atoms with Gasteiger partial charge in [-0.1, -0.05) is 26.8 Å². The summed E-state index contributed by atoms with van der Waals surface area (Å²) in [6.07, 6.45) is 1.74. The number of anilines is 1. The van der Waals surface area contributed by atoms with Crippen molar-refractivity contribution in [3.8, 4) is 0 Å². The predicted molar refractivity (Wildman–Crippen MR) is 74.7 cm³/mol. The minimum atomic E-state index is 0.0102. The number of aromatic nitrogens is 1. The monoisotopic (exact) mass is 249 g/mol. The molecule has 0 aliphatic rings. The highest BCUT2D eigenvalue weighted by Gasteiger charge is 2.19. The van der Waals surface area contributed by atoms with Crippen molar-refractivity contribution in [1.29, 1.82) is 0 Å². The van der Waals surface area contributed by atoms with E-state index in [0.29, 0.717) is 0 Å². The number of rotatable bonds is 4. The van der Waals surface area contributed by atoms with Gasteiger partial charge in [0.05, 0.1) is 6.54 Å². The molecule has 4 nitrogen and oxygen atoms in total. The van der Waals surface area contributed by atoms with Crippen LogP contribution >= 0.6 is 0 Å². The Morgan fingerprint density at radius 3 is 2.67 bits per heavy atom. The Morgan fingerprint density at radius 1 is 1.44 bits per heavy atom. The molecular weight excluding hydrogens is 226 g/mol. The minimum absolute atomic E-state index is 0.0102. The van der Waals surface area contributed by atoms with Crippen molar-refractivity contribution in [2.45, 2.75) is 33.1 Å². The minimum Gasteiger partial charge on any atom is -0.361 e. The Bertz CT molecular complexity index is 410. The number of pyridine rings is 1. The number of likely N-dealkylation sites (N-methyl/N-ethyl adjacent to an activating group) is 1. The van der Waals surface area contributed by atoms with Crippen LogP contribution in [0, 0.1) is 0 Å². The van der Waals surface area contributed by atoms with Crippen LogP contribution in [0.5, 0.6) is 0 Å². The van der Waals surface area contributed by atoms with Crippen molar-refractivity contribution in [2.24, 2.45) is 0 Å².